The fraction of sp³-hybridized carbons (Fsp3) is 0.550. The molecule has 25 heavy (non-hydrogen) atoms. The van der Waals surface area contributed by atoms with Crippen LogP contribution in [0.15, 0.2) is 53.4 Å². The average molecular weight is 365 g/mol. The number of hydrogen-bond acceptors (Lipinski definition) is 5. The van der Waals surface area contributed by atoms with E-state index in [1.165, 1.54) is 5.70 Å². The maximum Gasteiger partial charge on any atom is 0.0605 e. The first-order valence-corrected chi connectivity index (χ1v) is 9.39. The highest BCUT2D eigenvalue weighted by Gasteiger charge is 2.11. The molecular formula is C20H36N4S. The highest BCUT2D eigenvalue weighted by Crippen LogP contribution is 2.10. The van der Waals surface area contributed by atoms with E-state index >= 15 is 0 Å². The molecule has 0 unspecified atom stereocenters. The first-order chi connectivity index (χ1) is 11.7. The van der Waals surface area contributed by atoms with Gasteiger partial charge in [0, 0.05) is 48.2 Å². The molecule has 0 aliphatic heterocycles. The van der Waals surface area contributed by atoms with Gasteiger partial charge in [-0.1, -0.05) is 33.1 Å². The Morgan fingerprint density at radius 2 is 1.92 bits per heavy atom. The summed E-state index contributed by atoms with van der Waals surface area (Å²) in [5.74, 6) is 0. The maximum atomic E-state index is 4.24. The second-order valence-corrected chi connectivity index (χ2v) is 7.39. The summed E-state index contributed by atoms with van der Waals surface area (Å²) in [5.41, 5.74) is 1.33. The van der Waals surface area contributed by atoms with Crippen LogP contribution in [0.25, 0.3) is 0 Å². The molecule has 142 valence electrons. The van der Waals surface area contributed by atoms with Gasteiger partial charge in [-0.05, 0) is 39.7 Å². The molecule has 5 heteroatoms. The molecule has 0 rings (SSSR count). The molecule has 0 aromatic rings. The summed E-state index contributed by atoms with van der Waals surface area (Å²) in [6.07, 6.45) is 11.6. The van der Waals surface area contributed by atoms with Crippen molar-refractivity contribution in [3.8, 4) is 0 Å². The van der Waals surface area contributed by atoms with Crippen LogP contribution >= 0.6 is 12.6 Å². The number of nitrogens with one attached hydrogen (secondary N) is 1. The van der Waals surface area contributed by atoms with Crippen molar-refractivity contribution in [2.75, 3.05) is 19.6 Å². The molecule has 0 fully saturated rings. The third kappa shape index (κ3) is 12.5. The minimum Gasteiger partial charge on any atom is -0.370 e. The predicted molar refractivity (Wildman–Crippen MR) is 116 cm³/mol. The standard InChI is InChI=1S/C20H36N4S/c1-8-11-19(12-15-24(10-3)22-17-18(4)25)23(14-9-2)16-13-21-20(5,6)7/h10-12,15,17,21,25H,3-4,8-9,13-14,16H2,1-2,5-7H3/b15-12-,19-11+,22-17-. The van der Waals surface area contributed by atoms with Crippen LogP contribution in [0.5, 0.6) is 0 Å². The molecular weight excluding hydrogens is 328 g/mol. The van der Waals surface area contributed by atoms with Crippen LogP contribution in [-0.2, 0) is 0 Å². The number of thiol groups is 1. The zero-order chi connectivity index (χ0) is 19.3. The van der Waals surface area contributed by atoms with Gasteiger partial charge in [-0.25, -0.2) is 5.01 Å². The van der Waals surface area contributed by atoms with Gasteiger partial charge in [0.2, 0.25) is 0 Å². The normalized spacial score (nSPS) is 12.8. The zero-order valence-corrected chi connectivity index (χ0v) is 17.5. The molecule has 0 radical (unpaired) electrons. The molecule has 0 spiro atoms. The Kier molecular flexibility index (Phi) is 12.1. The number of hydrogen-bond donors (Lipinski definition) is 2. The van der Waals surface area contributed by atoms with Crippen molar-refractivity contribution in [2.45, 2.75) is 53.0 Å². The van der Waals surface area contributed by atoms with Gasteiger partial charge in [-0.15, -0.1) is 12.6 Å². The topological polar surface area (TPSA) is 30.9 Å². The van der Waals surface area contributed by atoms with E-state index < -0.39 is 0 Å². The summed E-state index contributed by atoms with van der Waals surface area (Å²) in [6, 6.07) is 0. The lowest BCUT2D eigenvalue weighted by molar-refractivity contribution is 0.322. The van der Waals surface area contributed by atoms with Gasteiger partial charge < -0.3 is 10.2 Å². The van der Waals surface area contributed by atoms with Gasteiger partial charge in [0.15, 0.2) is 0 Å². The predicted octanol–water partition coefficient (Wildman–Crippen LogP) is 4.77. The monoisotopic (exact) mass is 364 g/mol. The molecule has 0 aliphatic rings. The molecule has 0 aliphatic carbocycles. The minimum atomic E-state index is 0.131. The second kappa shape index (κ2) is 12.8. The lowest BCUT2D eigenvalue weighted by atomic mass is 10.1. The van der Waals surface area contributed by atoms with E-state index in [0.717, 1.165) is 32.5 Å². The van der Waals surface area contributed by atoms with Gasteiger partial charge in [0.1, 0.15) is 0 Å². The number of rotatable bonds is 12. The lowest BCUT2D eigenvalue weighted by Crippen LogP contribution is -2.41. The van der Waals surface area contributed by atoms with Gasteiger partial charge in [-0.3, -0.25) is 0 Å². The largest absolute Gasteiger partial charge is 0.370 e. The number of hydrazone groups is 1. The zero-order valence-electron chi connectivity index (χ0n) is 16.6. The summed E-state index contributed by atoms with van der Waals surface area (Å²) >= 11 is 4.12. The Balaban J connectivity index is 5.10. The van der Waals surface area contributed by atoms with Crippen LogP contribution in [-0.4, -0.2) is 41.3 Å². The van der Waals surface area contributed by atoms with Crippen molar-refractivity contribution in [3.05, 3.63) is 48.3 Å². The minimum absolute atomic E-state index is 0.131. The van der Waals surface area contributed by atoms with Crippen molar-refractivity contribution in [2.24, 2.45) is 5.10 Å². The van der Waals surface area contributed by atoms with E-state index in [1.807, 2.05) is 6.20 Å². The van der Waals surface area contributed by atoms with E-state index in [-0.39, 0.29) is 5.54 Å². The summed E-state index contributed by atoms with van der Waals surface area (Å²) in [4.78, 5) is 3.01. The summed E-state index contributed by atoms with van der Waals surface area (Å²) in [6.45, 7) is 21.3. The molecule has 0 amide bonds. The SMILES string of the molecule is C=CN(/C=C\C(=C/CC)N(CCC)CCNC(C)(C)C)/N=C\C(=C)S. The summed E-state index contributed by atoms with van der Waals surface area (Å²) in [7, 11) is 0. The van der Waals surface area contributed by atoms with Gasteiger partial charge >= 0.3 is 0 Å². The first kappa shape index (κ1) is 23.5. The Bertz CT molecular complexity index is 486. The number of allylic oxidation sites excluding steroid dienone is 3. The first-order valence-electron chi connectivity index (χ1n) is 8.94. The van der Waals surface area contributed by atoms with E-state index in [4.69, 9.17) is 0 Å². The third-order valence-electron chi connectivity index (χ3n) is 3.23. The van der Waals surface area contributed by atoms with E-state index in [2.05, 4.69) is 87.9 Å². The fourth-order valence-corrected chi connectivity index (χ4v) is 2.20. The van der Waals surface area contributed by atoms with Crippen molar-refractivity contribution < 1.29 is 0 Å². The summed E-state index contributed by atoms with van der Waals surface area (Å²) in [5, 5.41) is 9.45. The molecule has 0 aromatic carbocycles. The van der Waals surface area contributed by atoms with Crippen LogP contribution in [0.2, 0.25) is 0 Å². The van der Waals surface area contributed by atoms with Gasteiger partial charge in [-0.2, -0.15) is 5.10 Å². The van der Waals surface area contributed by atoms with Crippen molar-refractivity contribution >= 4 is 18.8 Å². The average Bonchev–Trinajstić information content (AvgIpc) is 2.51. The van der Waals surface area contributed by atoms with Crippen LogP contribution in [0.1, 0.15) is 47.5 Å². The van der Waals surface area contributed by atoms with Crippen LogP contribution < -0.4 is 5.32 Å². The molecule has 0 saturated heterocycles. The van der Waals surface area contributed by atoms with Crippen LogP contribution in [0.3, 0.4) is 0 Å². The smallest absolute Gasteiger partial charge is 0.0605 e. The maximum absolute atomic E-state index is 4.24. The lowest BCUT2D eigenvalue weighted by Gasteiger charge is -2.28. The second-order valence-electron chi connectivity index (χ2n) is 6.82. The van der Waals surface area contributed by atoms with Crippen molar-refractivity contribution in [1.82, 2.24) is 15.2 Å². The molecule has 0 atom stereocenters. The summed E-state index contributed by atoms with van der Waals surface area (Å²) < 4.78 is 0. The van der Waals surface area contributed by atoms with E-state index in [0.29, 0.717) is 4.91 Å². The molecule has 0 heterocycles. The van der Waals surface area contributed by atoms with Crippen molar-refractivity contribution in [1.29, 1.82) is 0 Å². The highest BCUT2D eigenvalue weighted by molar-refractivity contribution is 7.85. The van der Waals surface area contributed by atoms with E-state index in [9.17, 15) is 0 Å². The molecule has 0 bridgehead atoms. The Labute approximate surface area is 160 Å². The highest BCUT2D eigenvalue weighted by atomic mass is 32.1. The third-order valence-corrected chi connectivity index (χ3v) is 3.35. The van der Waals surface area contributed by atoms with Gasteiger partial charge in [0.25, 0.3) is 0 Å². The Hall–Kier alpha value is -1.46. The van der Waals surface area contributed by atoms with Crippen molar-refractivity contribution in [3.63, 3.8) is 0 Å². The Morgan fingerprint density at radius 3 is 2.40 bits per heavy atom. The molecule has 4 nitrogen and oxygen atoms in total. The molecule has 0 aromatic heterocycles. The Morgan fingerprint density at radius 1 is 1.24 bits per heavy atom. The van der Waals surface area contributed by atoms with E-state index in [1.54, 1.807) is 17.4 Å². The number of nitrogens with zero attached hydrogens (tertiary/aromatic N) is 3. The van der Waals surface area contributed by atoms with Crippen LogP contribution in [0.4, 0.5) is 0 Å². The molecule has 1 N–H and O–H groups in total. The molecule has 0 saturated carbocycles. The fourth-order valence-electron chi connectivity index (χ4n) is 2.15. The van der Waals surface area contributed by atoms with Gasteiger partial charge in [0.05, 0.1) is 6.21 Å². The van der Waals surface area contributed by atoms with Crippen LogP contribution in [0, 0.1) is 0 Å². The quantitative estimate of drug-likeness (QED) is 0.226.